The average molecular weight is 240 g/mol. The van der Waals surface area contributed by atoms with E-state index in [1.807, 2.05) is 0 Å². The third-order valence-corrected chi connectivity index (χ3v) is 4.77. The van der Waals surface area contributed by atoms with Crippen LogP contribution in [-0.4, -0.2) is 26.1 Å². The first kappa shape index (κ1) is 12.3. The van der Waals surface area contributed by atoms with Gasteiger partial charge in [-0.3, -0.25) is 0 Å². The molecule has 0 aliphatic heterocycles. The molecule has 0 spiro atoms. The monoisotopic (exact) mass is 239 g/mol. The molecule has 5 heteroatoms. The number of rotatable bonds is 7. The molecule has 1 fully saturated rings. The highest BCUT2D eigenvalue weighted by atomic mass is 35.5. The maximum Gasteiger partial charge on any atom is 0.214 e. The van der Waals surface area contributed by atoms with Crippen LogP contribution >= 0.6 is 11.6 Å². The van der Waals surface area contributed by atoms with Crippen molar-refractivity contribution in [1.29, 1.82) is 0 Å². The lowest BCUT2D eigenvalue weighted by atomic mass is 10.0. The van der Waals surface area contributed by atoms with Gasteiger partial charge in [0.1, 0.15) is 0 Å². The molecule has 1 atom stereocenters. The Morgan fingerprint density at radius 3 is 2.57 bits per heavy atom. The second-order valence-corrected chi connectivity index (χ2v) is 6.27. The van der Waals surface area contributed by atoms with Crippen LogP contribution in [0.2, 0.25) is 0 Å². The number of hydrogen-bond donors (Lipinski definition) is 1. The van der Waals surface area contributed by atoms with Gasteiger partial charge in [-0.2, -0.15) is 0 Å². The van der Waals surface area contributed by atoms with Gasteiger partial charge in [0.25, 0.3) is 0 Å². The molecule has 1 rings (SSSR count). The van der Waals surface area contributed by atoms with E-state index >= 15 is 0 Å². The normalized spacial score (nSPS) is 19.6. The van der Waals surface area contributed by atoms with Crippen LogP contribution in [0, 0.1) is 5.92 Å². The fourth-order valence-corrected chi connectivity index (χ4v) is 3.10. The predicted molar refractivity (Wildman–Crippen MR) is 59.1 cm³/mol. The highest BCUT2D eigenvalue weighted by molar-refractivity contribution is 7.90. The molecule has 1 saturated carbocycles. The Bertz CT molecular complexity index is 262. The molecule has 1 aliphatic carbocycles. The molecule has 0 amide bonds. The Morgan fingerprint density at radius 1 is 1.50 bits per heavy atom. The van der Waals surface area contributed by atoms with Gasteiger partial charge in [-0.25, -0.2) is 13.1 Å². The number of nitrogens with one attached hydrogen (secondary N) is 1. The summed E-state index contributed by atoms with van der Waals surface area (Å²) >= 11 is 5.62. The first-order valence-corrected chi connectivity index (χ1v) is 7.22. The highest BCUT2D eigenvalue weighted by Gasteiger charge is 2.35. The van der Waals surface area contributed by atoms with E-state index in [0.29, 0.717) is 18.3 Å². The van der Waals surface area contributed by atoms with Gasteiger partial charge in [0, 0.05) is 12.4 Å². The first-order chi connectivity index (χ1) is 6.60. The Kier molecular flexibility index (Phi) is 4.67. The fraction of sp³-hybridized carbons (Fsp3) is 1.00. The molecule has 0 bridgehead atoms. The summed E-state index contributed by atoms with van der Waals surface area (Å²) in [6, 6.07) is 0. The quantitative estimate of drug-likeness (QED) is 0.688. The number of halogens is 1. The minimum absolute atomic E-state index is 0.115. The van der Waals surface area contributed by atoms with Crippen LogP contribution in [0.4, 0.5) is 0 Å². The van der Waals surface area contributed by atoms with Crippen LogP contribution in [0.5, 0.6) is 0 Å². The van der Waals surface area contributed by atoms with Gasteiger partial charge in [0.15, 0.2) is 0 Å². The molecule has 3 nitrogen and oxygen atoms in total. The summed E-state index contributed by atoms with van der Waals surface area (Å²) in [5, 5.41) is -0.115. The second-order valence-electron chi connectivity index (χ2n) is 3.84. The van der Waals surface area contributed by atoms with Crippen molar-refractivity contribution in [1.82, 2.24) is 4.72 Å². The Morgan fingerprint density at radius 2 is 2.14 bits per heavy atom. The largest absolute Gasteiger partial charge is 0.215 e. The molecular formula is C9H18ClNO2S. The Balaban J connectivity index is 2.30. The molecule has 0 aromatic heterocycles. The lowest BCUT2D eigenvalue weighted by Gasteiger charge is -2.13. The van der Waals surface area contributed by atoms with E-state index in [2.05, 4.69) is 11.6 Å². The zero-order valence-electron chi connectivity index (χ0n) is 8.50. The molecule has 1 N–H and O–H groups in total. The van der Waals surface area contributed by atoms with Gasteiger partial charge >= 0.3 is 0 Å². The van der Waals surface area contributed by atoms with Crippen molar-refractivity contribution in [3.63, 3.8) is 0 Å². The molecule has 0 heterocycles. The molecule has 1 aliphatic rings. The van der Waals surface area contributed by atoms with Crippen LogP contribution in [0.15, 0.2) is 0 Å². The maximum absolute atomic E-state index is 11.5. The van der Waals surface area contributed by atoms with Crippen molar-refractivity contribution < 1.29 is 8.42 Å². The summed E-state index contributed by atoms with van der Waals surface area (Å²) in [6.07, 6.45) is 3.49. The third-order valence-electron chi connectivity index (χ3n) is 2.63. The summed E-state index contributed by atoms with van der Waals surface area (Å²) in [7, 11) is -3.00. The zero-order valence-corrected chi connectivity index (χ0v) is 10.1. The minimum Gasteiger partial charge on any atom is -0.215 e. The summed E-state index contributed by atoms with van der Waals surface area (Å²) < 4.78 is 25.6. The molecule has 84 valence electrons. The topological polar surface area (TPSA) is 46.2 Å². The number of hydrogen-bond acceptors (Lipinski definition) is 2. The van der Waals surface area contributed by atoms with Crippen molar-refractivity contribution in [2.75, 3.05) is 12.4 Å². The van der Waals surface area contributed by atoms with E-state index < -0.39 is 10.0 Å². The summed E-state index contributed by atoms with van der Waals surface area (Å²) in [5.41, 5.74) is 0. The fourth-order valence-electron chi connectivity index (χ4n) is 1.34. The third kappa shape index (κ3) is 3.75. The predicted octanol–water partition coefficient (Wildman–Crippen LogP) is 1.72. The van der Waals surface area contributed by atoms with E-state index in [1.165, 1.54) is 0 Å². The smallest absolute Gasteiger partial charge is 0.214 e. The van der Waals surface area contributed by atoms with Gasteiger partial charge in [-0.05, 0) is 25.2 Å². The lowest BCUT2D eigenvalue weighted by Crippen LogP contribution is -2.32. The number of sulfonamides is 1. The SMILES string of the molecule is CCC(CCCl)CNS(=O)(=O)C1CC1. The van der Waals surface area contributed by atoms with Crippen molar-refractivity contribution in [2.24, 2.45) is 5.92 Å². The van der Waals surface area contributed by atoms with Crippen molar-refractivity contribution in [2.45, 2.75) is 37.9 Å². The molecule has 0 radical (unpaired) electrons. The van der Waals surface area contributed by atoms with Crippen molar-refractivity contribution in [3.8, 4) is 0 Å². The molecule has 0 aromatic carbocycles. The molecule has 0 aromatic rings. The Hall–Kier alpha value is 0.200. The van der Waals surface area contributed by atoms with Gasteiger partial charge in [0.05, 0.1) is 5.25 Å². The highest BCUT2D eigenvalue weighted by Crippen LogP contribution is 2.27. The standard InChI is InChI=1S/C9H18ClNO2S/c1-2-8(5-6-10)7-11-14(12,13)9-3-4-9/h8-9,11H,2-7H2,1H3. The maximum atomic E-state index is 11.5. The van der Waals surface area contributed by atoms with Crippen molar-refractivity contribution >= 4 is 21.6 Å². The van der Waals surface area contributed by atoms with E-state index in [0.717, 1.165) is 25.7 Å². The average Bonchev–Trinajstić information content (AvgIpc) is 2.95. The second kappa shape index (κ2) is 5.33. The van der Waals surface area contributed by atoms with E-state index in [-0.39, 0.29) is 5.25 Å². The van der Waals surface area contributed by atoms with Crippen LogP contribution in [0.25, 0.3) is 0 Å². The Labute approximate surface area is 91.3 Å². The van der Waals surface area contributed by atoms with Crippen LogP contribution in [-0.2, 0) is 10.0 Å². The minimum atomic E-state index is -3.00. The van der Waals surface area contributed by atoms with Gasteiger partial charge in [-0.1, -0.05) is 13.3 Å². The van der Waals surface area contributed by atoms with Crippen molar-refractivity contribution in [3.05, 3.63) is 0 Å². The summed E-state index contributed by atoms with van der Waals surface area (Å²) in [5.74, 6) is 0.977. The first-order valence-electron chi connectivity index (χ1n) is 5.14. The van der Waals surface area contributed by atoms with Gasteiger partial charge in [0.2, 0.25) is 10.0 Å². The van der Waals surface area contributed by atoms with Gasteiger partial charge < -0.3 is 0 Å². The number of alkyl halides is 1. The summed E-state index contributed by atoms with van der Waals surface area (Å²) in [4.78, 5) is 0. The lowest BCUT2D eigenvalue weighted by molar-refractivity contribution is 0.480. The van der Waals surface area contributed by atoms with E-state index in [9.17, 15) is 8.42 Å². The molecular weight excluding hydrogens is 222 g/mol. The van der Waals surface area contributed by atoms with Crippen LogP contribution in [0.1, 0.15) is 32.6 Å². The summed E-state index contributed by atoms with van der Waals surface area (Å²) in [6.45, 7) is 2.60. The molecule has 1 unspecified atom stereocenters. The van der Waals surface area contributed by atoms with E-state index in [1.54, 1.807) is 0 Å². The van der Waals surface area contributed by atoms with Crippen LogP contribution < -0.4 is 4.72 Å². The molecule has 14 heavy (non-hydrogen) atoms. The molecule has 0 saturated heterocycles. The van der Waals surface area contributed by atoms with Crippen LogP contribution in [0.3, 0.4) is 0 Å². The van der Waals surface area contributed by atoms with Gasteiger partial charge in [-0.15, -0.1) is 11.6 Å². The van der Waals surface area contributed by atoms with E-state index in [4.69, 9.17) is 11.6 Å². The zero-order chi connectivity index (χ0) is 10.6.